The lowest BCUT2D eigenvalue weighted by Crippen LogP contribution is -2.03. The Kier molecular flexibility index (Phi) is 5.06. The maximum atomic E-state index is 13.5. The van der Waals surface area contributed by atoms with Gasteiger partial charge in [-0.2, -0.15) is 9.46 Å². The molecular formula is C21H21FN4O2S. The highest BCUT2D eigenvalue weighted by Gasteiger charge is 2.18. The molecule has 1 atom stereocenters. The molecule has 29 heavy (non-hydrogen) atoms. The van der Waals surface area contributed by atoms with Gasteiger partial charge in [0.15, 0.2) is 5.82 Å². The summed E-state index contributed by atoms with van der Waals surface area (Å²) in [7, 11) is -2.44. The number of hydrogen-bond acceptors (Lipinski definition) is 5. The third-order valence-corrected chi connectivity index (χ3v) is 6.55. The van der Waals surface area contributed by atoms with Crippen LogP contribution < -0.4 is 0 Å². The molecule has 0 amide bonds. The van der Waals surface area contributed by atoms with Crippen LogP contribution in [0.4, 0.5) is 10.2 Å². The average molecular weight is 412 g/mol. The van der Waals surface area contributed by atoms with Crippen LogP contribution in [0.3, 0.4) is 0 Å². The predicted molar refractivity (Wildman–Crippen MR) is 114 cm³/mol. The summed E-state index contributed by atoms with van der Waals surface area (Å²) in [6.45, 7) is 1.72. The van der Waals surface area contributed by atoms with E-state index in [4.69, 9.17) is 0 Å². The number of rotatable bonds is 5. The summed E-state index contributed by atoms with van der Waals surface area (Å²) >= 11 is 0. The number of aromatic amines is 1. The van der Waals surface area contributed by atoms with Gasteiger partial charge < -0.3 is 5.11 Å². The lowest BCUT2D eigenvalue weighted by atomic mass is 9.95. The Morgan fingerprint density at radius 2 is 1.97 bits per heavy atom. The second kappa shape index (κ2) is 7.53. The van der Waals surface area contributed by atoms with Crippen molar-refractivity contribution in [1.29, 1.82) is 0 Å². The number of H-pyrrole nitrogens is 1. The van der Waals surface area contributed by atoms with Gasteiger partial charge in [0.25, 0.3) is 0 Å². The van der Waals surface area contributed by atoms with Gasteiger partial charge in [-0.1, -0.05) is 19.1 Å². The maximum absolute atomic E-state index is 13.5. The minimum absolute atomic E-state index is 0.102. The van der Waals surface area contributed by atoms with Gasteiger partial charge in [0, 0.05) is 41.4 Å². The number of nitrogens with zero attached hydrogens (tertiary/aromatic N) is 3. The minimum Gasteiger partial charge on any atom is -0.396 e. The topological polar surface area (TPSA) is 91.2 Å². The molecule has 0 radical (unpaired) electrons. The molecule has 150 valence electrons. The number of pyridine rings is 1. The van der Waals surface area contributed by atoms with Crippen molar-refractivity contribution in [3.05, 3.63) is 54.1 Å². The van der Waals surface area contributed by atoms with Gasteiger partial charge in [0.1, 0.15) is 5.82 Å². The van der Waals surface area contributed by atoms with Crippen LogP contribution in [0.25, 0.3) is 32.8 Å². The van der Waals surface area contributed by atoms with E-state index in [0.717, 1.165) is 32.8 Å². The zero-order chi connectivity index (χ0) is 20.6. The first-order valence-corrected chi connectivity index (χ1v) is 11.4. The molecule has 2 heterocycles. The third-order valence-electron chi connectivity index (χ3n) is 4.91. The van der Waals surface area contributed by atoms with Gasteiger partial charge in [-0.3, -0.25) is 5.10 Å². The van der Waals surface area contributed by atoms with Gasteiger partial charge >= 0.3 is 0 Å². The highest BCUT2D eigenvalue weighted by atomic mass is 32.2. The first-order chi connectivity index (χ1) is 13.9. The van der Waals surface area contributed by atoms with Gasteiger partial charge in [-0.25, -0.2) is 13.6 Å². The van der Waals surface area contributed by atoms with Crippen molar-refractivity contribution in [3.8, 4) is 11.1 Å². The van der Waals surface area contributed by atoms with Gasteiger partial charge in [-0.15, -0.1) is 0 Å². The van der Waals surface area contributed by atoms with E-state index in [-0.39, 0.29) is 12.4 Å². The van der Waals surface area contributed by atoms with Crippen LogP contribution in [-0.2, 0) is 16.1 Å². The standard InChI is InChI=1S/C21H21FN4O2S/c1-3-29(2,28)26-21-17-11-19-14(12-23-25-19)10-16(17)20(18(24-21)8-9-27)13-4-6-15(22)7-5-13/h4-7,10-12,27H,3,8-9H2,1-2H3,(H,23,25). The summed E-state index contributed by atoms with van der Waals surface area (Å²) in [5, 5.41) is 19.1. The SMILES string of the molecule is CCS(C)(=O)=Nc1nc(CCO)c(-c2ccc(F)cc2)c2cc3cn[nH]c3cc12. The Morgan fingerprint density at radius 1 is 1.21 bits per heavy atom. The van der Waals surface area contributed by atoms with Crippen LogP contribution in [0.5, 0.6) is 0 Å². The molecule has 0 spiro atoms. The number of halogens is 1. The molecular weight excluding hydrogens is 391 g/mol. The van der Waals surface area contributed by atoms with Gasteiger partial charge in [-0.05, 0) is 35.2 Å². The maximum Gasteiger partial charge on any atom is 0.169 e. The normalized spacial score (nSPS) is 13.7. The zero-order valence-electron chi connectivity index (χ0n) is 16.1. The van der Waals surface area contributed by atoms with E-state index in [1.807, 2.05) is 19.1 Å². The van der Waals surface area contributed by atoms with Crippen molar-refractivity contribution < 1.29 is 13.7 Å². The molecule has 6 nitrogen and oxygen atoms in total. The van der Waals surface area contributed by atoms with E-state index < -0.39 is 9.73 Å². The fourth-order valence-electron chi connectivity index (χ4n) is 3.33. The number of fused-ring (bicyclic) bond motifs is 2. The molecule has 0 aliphatic rings. The molecule has 4 rings (SSSR count). The van der Waals surface area contributed by atoms with Crippen molar-refractivity contribution in [2.75, 3.05) is 18.6 Å². The summed E-state index contributed by atoms with van der Waals surface area (Å²) in [4.78, 5) is 4.68. The molecule has 4 aromatic rings. The highest BCUT2D eigenvalue weighted by molar-refractivity contribution is 7.93. The number of nitrogens with one attached hydrogen (secondary N) is 1. The number of aromatic nitrogens is 3. The Balaban J connectivity index is 2.15. The fourth-order valence-corrected chi connectivity index (χ4v) is 3.96. The molecule has 0 saturated carbocycles. The van der Waals surface area contributed by atoms with Crippen molar-refractivity contribution >= 4 is 37.2 Å². The summed E-state index contributed by atoms with van der Waals surface area (Å²) < 4.78 is 30.7. The molecule has 2 aromatic carbocycles. The lowest BCUT2D eigenvalue weighted by Gasteiger charge is -2.15. The monoisotopic (exact) mass is 412 g/mol. The summed E-state index contributed by atoms with van der Waals surface area (Å²) in [6, 6.07) is 10.0. The summed E-state index contributed by atoms with van der Waals surface area (Å²) in [5.74, 6) is 0.449. The molecule has 2 N–H and O–H groups in total. The molecule has 2 aromatic heterocycles. The minimum atomic E-state index is -2.44. The molecule has 0 bridgehead atoms. The predicted octanol–water partition coefficient (Wildman–Crippen LogP) is 4.20. The van der Waals surface area contributed by atoms with Crippen LogP contribution in [0.15, 0.2) is 47.0 Å². The fraction of sp³-hybridized carbons (Fsp3) is 0.238. The molecule has 0 aliphatic heterocycles. The van der Waals surface area contributed by atoms with Crippen molar-refractivity contribution in [2.24, 2.45) is 4.36 Å². The second-order valence-electron chi connectivity index (χ2n) is 6.93. The van der Waals surface area contributed by atoms with E-state index in [9.17, 15) is 13.7 Å². The molecule has 0 fully saturated rings. The van der Waals surface area contributed by atoms with Crippen LogP contribution in [0.1, 0.15) is 12.6 Å². The average Bonchev–Trinajstić information content (AvgIpc) is 3.15. The second-order valence-corrected chi connectivity index (χ2v) is 9.61. The molecule has 0 saturated heterocycles. The van der Waals surface area contributed by atoms with E-state index in [2.05, 4.69) is 19.5 Å². The Labute approximate surface area is 168 Å². The number of aliphatic hydroxyl groups excluding tert-OH is 1. The van der Waals surface area contributed by atoms with Crippen molar-refractivity contribution in [2.45, 2.75) is 13.3 Å². The largest absolute Gasteiger partial charge is 0.396 e. The Morgan fingerprint density at radius 3 is 2.66 bits per heavy atom. The Bertz CT molecular complexity index is 1320. The molecule has 1 unspecified atom stereocenters. The smallest absolute Gasteiger partial charge is 0.169 e. The van der Waals surface area contributed by atoms with Crippen molar-refractivity contribution in [3.63, 3.8) is 0 Å². The van der Waals surface area contributed by atoms with Crippen LogP contribution >= 0.6 is 0 Å². The lowest BCUT2D eigenvalue weighted by molar-refractivity contribution is 0.298. The summed E-state index contributed by atoms with van der Waals surface area (Å²) in [5.41, 5.74) is 3.03. The number of hydrogen-bond donors (Lipinski definition) is 2. The van der Waals surface area contributed by atoms with E-state index in [1.165, 1.54) is 12.1 Å². The Hall–Kier alpha value is -2.84. The van der Waals surface area contributed by atoms with E-state index in [0.29, 0.717) is 23.7 Å². The zero-order valence-corrected chi connectivity index (χ0v) is 17.0. The third kappa shape index (κ3) is 3.73. The van der Waals surface area contributed by atoms with E-state index in [1.54, 1.807) is 24.6 Å². The van der Waals surface area contributed by atoms with Gasteiger partial charge in [0.2, 0.25) is 0 Å². The molecule has 8 heteroatoms. The number of benzene rings is 2. The van der Waals surface area contributed by atoms with Crippen LogP contribution in [-0.4, -0.2) is 43.1 Å². The van der Waals surface area contributed by atoms with Gasteiger partial charge in [0.05, 0.1) is 27.1 Å². The first-order valence-electron chi connectivity index (χ1n) is 9.28. The van der Waals surface area contributed by atoms with Crippen LogP contribution in [0.2, 0.25) is 0 Å². The first kappa shape index (κ1) is 19.5. The number of aliphatic hydroxyl groups is 1. The van der Waals surface area contributed by atoms with E-state index >= 15 is 0 Å². The summed E-state index contributed by atoms with van der Waals surface area (Å²) in [6.07, 6.45) is 3.63. The highest BCUT2D eigenvalue weighted by Crippen LogP contribution is 2.38. The quantitative estimate of drug-likeness (QED) is 0.514. The van der Waals surface area contributed by atoms with Crippen molar-refractivity contribution in [1.82, 2.24) is 15.2 Å². The van der Waals surface area contributed by atoms with Crippen LogP contribution in [0, 0.1) is 5.82 Å². The molecule has 0 aliphatic carbocycles.